The molecule has 4 rings (SSSR count). The number of fused-ring (bicyclic) bond motifs is 3. The van der Waals surface area contributed by atoms with Gasteiger partial charge in [0.05, 0.1) is 11.8 Å². The molecule has 0 spiro atoms. The number of imide groups is 1. The van der Waals surface area contributed by atoms with Gasteiger partial charge in [-0.3, -0.25) is 19.3 Å². The van der Waals surface area contributed by atoms with Crippen molar-refractivity contribution >= 4 is 17.7 Å². The molecular weight excluding hydrogens is 318 g/mol. The highest BCUT2D eigenvalue weighted by atomic mass is 16.2. The second-order valence-corrected chi connectivity index (χ2v) is 8.34. The third-order valence-electron chi connectivity index (χ3n) is 6.87. The molecule has 4 aliphatic rings. The molecule has 4 unspecified atom stereocenters. The van der Waals surface area contributed by atoms with E-state index in [4.69, 9.17) is 0 Å². The number of hydrogen-bond acceptors (Lipinski definition) is 4. The first-order valence-electron chi connectivity index (χ1n) is 9.91. The minimum atomic E-state index is -0.117. The third-order valence-corrected chi connectivity index (χ3v) is 6.87. The summed E-state index contributed by atoms with van der Waals surface area (Å²) in [5.41, 5.74) is 0. The number of nitrogens with zero attached hydrogens (tertiary/aromatic N) is 2. The van der Waals surface area contributed by atoms with Gasteiger partial charge in [0.15, 0.2) is 0 Å². The molecule has 0 aromatic carbocycles. The molecule has 0 aromatic rings. The van der Waals surface area contributed by atoms with Crippen LogP contribution in [0.5, 0.6) is 0 Å². The van der Waals surface area contributed by atoms with Crippen LogP contribution in [0.3, 0.4) is 0 Å². The zero-order chi connectivity index (χ0) is 17.6. The second-order valence-electron chi connectivity index (χ2n) is 8.34. The smallest absolute Gasteiger partial charge is 0.233 e. The number of likely N-dealkylation sites (tertiary alicyclic amines) is 1. The molecule has 1 saturated carbocycles. The molecular formula is C19H29N3O3. The number of carbonyl (C=O) groups is 3. The van der Waals surface area contributed by atoms with Crippen molar-refractivity contribution in [3.05, 3.63) is 0 Å². The summed E-state index contributed by atoms with van der Waals surface area (Å²) < 4.78 is 0. The predicted molar refractivity (Wildman–Crippen MR) is 92.5 cm³/mol. The van der Waals surface area contributed by atoms with Gasteiger partial charge in [-0.2, -0.15) is 0 Å². The predicted octanol–water partition coefficient (Wildman–Crippen LogP) is 1.29. The lowest BCUT2D eigenvalue weighted by Gasteiger charge is -2.35. The Bertz CT molecular complexity index is 542. The SMILES string of the molecule is CN(C(=O)CCN1C(=O)C2CCCCC2C1=O)C1CC2CCC(C1)N2. The van der Waals surface area contributed by atoms with Crippen LogP contribution in [-0.4, -0.2) is 59.2 Å². The van der Waals surface area contributed by atoms with Gasteiger partial charge < -0.3 is 10.2 Å². The number of hydrogen-bond donors (Lipinski definition) is 1. The molecule has 138 valence electrons. The van der Waals surface area contributed by atoms with Crippen LogP contribution in [0.4, 0.5) is 0 Å². The summed E-state index contributed by atoms with van der Waals surface area (Å²) in [7, 11) is 1.88. The fourth-order valence-electron chi connectivity index (χ4n) is 5.38. The molecule has 4 fully saturated rings. The summed E-state index contributed by atoms with van der Waals surface area (Å²) in [5, 5.41) is 3.60. The van der Waals surface area contributed by atoms with Gasteiger partial charge in [-0.1, -0.05) is 12.8 Å². The van der Waals surface area contributed by atoms with Crippen LogP contribution in [0.25, 0.3) is 0 Å². The van der Waals surface area contributed by atoms with Gasteiger partial charge in [0.1, 0.15) is 0 Å². The van der Waals surface area contributed by atoms with Crippen LogP contribution in [0.15, 0.2) is 0 Å². The highest BCUT2D eigenvalue weighted by Crippen LogP contribution is 2.38. The van der Waals surface area contributed by atoms with Crippen molar-refractivity contribution in [2.24, 2.45) is 11.8 Å². The average molecular weight is 347 g/mol. The number of amides is 3. The van der Waals surface area contributed by atoms with Gasteiger partial charge in [0.25, 0.3) is 0 Å². The first-order valence-corrected chi connectivity index (χ1v) is 9.91. The van der Waals surface area contributed by atoms with Gasteiger partial charge in [0.2, 0.25) is 17.7 Å². The molecule has 2 bridgehead atoms. The van der Waals surface area contributed by atoms with Crippen molar-refractivity contribution in [1.82, 2.24) is 15.1 Å². The van der Waals surface area contributed by atoms with Crippen LogP contribution in [-0.2, 0) is 14.4 Å². The molecule has 6 nitrogen and oxygen atoms in total. The fraction of sp³-hybridized carbons (Fsp3) is 0.842. The lowest BCUT2D eigenvalue weighted by Crippen LogP contribution is -2.49. The minimum absolute atomic E-state index is 0.0370. The van der Waals surface area contributed by atoms with Crippen LogP contribution in [0, 0.1) is 11.8 Å². The minimum Gasteiger partial charge on any atom is -0.343 e. The van der Waals surface area contributed by atoms with E-state index in [2.05, 4.69) is 5.32 Å². The normalized spacial score (nSPS) is 37.3. The van der Waals surface area contributed by atoms with E-state index in [1.54, 1.807) is 0 Å². The highest BCUT2D eigenvalue weighted by Gasteiger charge is 2.48. The van der Waals surface area contributed by atoms with E-state index in [1.165, 1.54) is 17.7 Å². The van der Waals surface area contributed by atoms with Crippen molar-refractivity contribution in [2.75, 3.05) is 13.6 Å². The maximum Gasteiger partial charge on any atom is 0.233 e. The summed E-state index contributed by atoms with van der Waals surface area (Å²) in [5.74, 6) is -0.250. The topological polar surface area (TPSA) is 69.7 Å². The van der Waals surface area contributed by atoms with Crippen LogP contribution in [0.2, 0.25) is 0 Å². The summed E-state index contributed by atoms with van der Waals surface area (Å²) in [4.78, 5) is 40.9. The van der Waals surface area contributed by atoms with Gasteiger partial charge in [-0.25, -0.2) is 0 Å². The van der Waals surface area contributed by atoms with Crippen molar-refractivity contribution < 1.29 is 14.4 Å². The summed E-state index contributed by atoms with van der Waals surface area (Å²) in [6.07, 6.45) is 8.45. The van der Waals surface area contributed by atoms with Crippen molar-refractivity contribution in [1.29, 1.82) is 0 Å². The summed E-state index contributed by atoms with van der Waals surface area (Å²) >= 11 is 0. The molecule has 3 saturated heterocycles. The van der Waals surface area contributed by atoms with Gasteiger partial charge in [-0.15, -0.1) is 0 Å². The van der Waals surface area contributed by atoms with Gasteiger partial charge in [0, 0.05) is 38.1 Å². The Morgan fingerprint density at radius 3 is 2.16 bits per heavy atom. The fourth-order valence-corrected chi connectivity index (χ4v) is 5.38. The second kappa shape index (κ2) is 6.71. The molecule has 25 heavy (non-hydrogen) atoms. The van der Waals surface area contributed by atoms with E-state index < -0.39 is 0 Å². The molecule has 0 aromatic heterocycles. The standard InChI is InChI=1S/C19H29N3O3/c1-21(14-10-12-6-7-13(11-14)20-12)17(23)8-9-22-18(24)15-4-2-3-5-16(15)19(22)25/h12-16,20H,2-11H2,1H3. The first kappa shape index (κ1) is 17.0. The molecule has 3 amide bonds. The van der Waals surface area contributed by atoms with E-state index in [0.29, 0.717) is 18.1 Å². The average Bonchev–Trinajstić information content (AvgIpc) is 3.09. The first-order chi connectivity index (χ1) is 12.0. The van der Waals surface area contributed by atoms with Crippen LogP contribution in [0.1, 0.15) is 57.8 Å². The molecule has 1 aliphatic carbocycles. The molecule has 3 heterocycles. The molecule has 4 atom stereocenters. The molecule has 0 radical (unpaired) electrons. The Balaban J connectivity index is 1.32. The van der Waals surface area contributed by atoms with Gasteiger partial charge >= 0.3 is 0 Å². The Morgan fingerprint density at radius 1 is 1.04 bits per heavy atom. The number of carbonyl (C=O) groups excluding carboxylic acids is 3. The van der Waals surface area contributed by atoms with Gasteiger partial charge in [-0.05, 0) is 38.5 Å². The Kier molecular flexibility index (Phi) is 4.56. The Morgan fingerprint density at radius 2 is 1.60 bits per heavy atom. The third kappa shape index (κ3) is 3.09. The van der Waals surface area contributed by atoms with E-state index >= 15 is 0 Å². The number of piperidine rings is 1. The Hall–Kier alpha value is -1.43. The monoisotopic (exact) mass is 347 g/mol. The van der Waals surface area contributed by atoms with Crippen LogP contribution >= 0.6 is 0 Å². The lowest BCUT2D eigenvalue weighted by molar-refractivity contribution is -0.141. The summed E-state index contributed by atoms with van der Waals surface area (Å²) in [6.45, 7) is 0.256. The number of nitrogens with one attached hydrogen (secondary N) is 1. The van der Waals surface area contributed by atoms with E-state index in [-0.39, 0.29) is 42.5 Å². The maximum absolute atomic E-state index is 12.6. The summed E-state index contributed by atoms with van der Waals surface area (Å²) in [6, 6.07) is 1.38. The van der Waals surface area contributed by atoms with E-state index in [0.717, 1.165) is 38.5 Å². The van der Waals surface area contributed by atoms with E-state index in [9.17, 15) is 14.4 Å². The lowest BCUT2D eigenvalue weighted by atomic mass is 9.81. The van der Waals surface area contributed by atoms with Crippen molar-refractivity contribution in [2.45, 2.75) is 75.9 Å². The zero-order valence-corrected chi connectivity index (χ0v) is 15.1. The molecule has 6 heteroatoms. The van der Waals surface area contributed by atoms with Crippen molar-refractivity contribution in [3.63, 3.8) is 0 Å². The Labute approximate surface area is 149 Å². The van der Waals surface area contributed by atoms with E-state index in [1.807, 2.05) is 11.9 Å². The molecule has 3 aliphatic heterocycles. The maximum atomic E-state index is 12.6. The number of rotatable bonds is 4. The van der Waals surface area contributed by atoms with Crippen molar-refractivity contribution in [3.8, 4) is 0 Å². The zero-order valence-electron chi connectivity index (χ0n) is 15.1. The molecule has 1 N–H and O–H groups in total. The highest BCUT2D eigenvalue weighted by molar-refractivity contribution is 6.05. The largest absolute Gasteiger partial charge is 0.343 e. The van der Waals surface area contributed by atoms with Crippen LogP contribution < -0.4 is 5.32 Å². The quantitative estimate of drug-likeness (QED) is 0.778.